The van der Waals surface area contributed by atoms with Gasteiger partial charge in [-0.3, -0.25) is 0 Å². The van der Waals surface area contributed by atoms with Crippen LogP contribution in [0.15, 0.2) is 27.6 Å². The predicted molar refractivity (Wildman–Crippen MR) is 51.1 cm³/mol. The second-order valence-corrected chi connectivity index (χ2v) is 4.75. The molecule has 11 heavy (non-hydrogen) atoms. The number of rotatable bonds is 1. The first kappa shape index (κ1) is 9.23. The normalized spacial score (nSPS) is 13.0. The molecule has 4 heteroatoms. The van der Waals surface area contributed by atoms with Crippen LogP contribution in [0.25, 0.3) is 0 Å². The van der Waals surface area contributed by atoms with E-state index in [-0.39, 0.29) is 0 Å². The zero-order valence-corrected chi connectivity index (χ0v) is 8.96. The molecule has 1 aromatic rings. The number of halogens is 2. The zero-order chi connectivity index (χ0) is 8.43. The Morgan fingerprint density at radius 3 is 2.64 bits per heavy atom. The molecule has 1 nitrogen and oxygen atoms in total. The maximum absolute atomic E-state index is 10.8. The van der Waals surface area contributed by atoms with Gasteiger partial charge in [-0.25, -0.2) is 4.21 Å². The molecule has 0 amide bonds. The summed E-state index contributed by atoms with van der Waals surface area (Å²) < 4.78 is 11.8. The minimum Gasteiger partial charge on any atom is -0.237 e. The summed E-state index contributed by atoms with van der Waals surface area (Å²) in [5.41, 5.74) is 1.04. The minimum absolute atomic E-state index is 0.646. The number of hydrogen-bond donors (Lipinski definition) is 0. The van der Waals surface area contributed by atoms with Gasteiger partial charge in [0, 0.05) is 4.47 Å². The van der Waals surface area contributed by atoms with Crippen molar-refractivity contribution >= 4 is 36.6 Å². The highest BCUT2D eigenvalue weighted by molar-refractivity contribution is 9.10. The summed E-state index contributed by atoms with van der Waals surface area (Å²) in [5, 5.41) is 0. The fourth-order valence-corrected chi connectivity index (χ4v) is 1.70. The standard InChI is InChI=1S/C7H6BrClOS/c1-5-4-6(11(9)10)2-3-7(5)8/h2-4H,1H3. The van der Waals surface area contributed by atoms with E-state index in [1.165, 1.54) is 0 Å². The van der Waals surface area contributed by atoms with Gasteiger partial charge < -0.3 is 0 Å². The molecule has 0 aliphatic carbocycles. The Kier molecular flexibility index (Phi) is 3.10. The van der Waals surface area contributed by atoms with Gasteiger partial charge in [-0.05, 0) is 41.4 Å². The van der Waals surface area contributed by atoms with Crippen molar-refractivity contribution in [3.63, 3.8) is 0 Å². The average Bonchev–Trinajstić information content (AvgIpc) is 1.94. The van der Waals surface area contributed by atoms with Gasteiger partial charge in [0.2, 0.25) is 0 Å². The zero-order valence-electron chi connectivity index (χ0n) is 5.80. The second kappa shape index (κ2) is 3.70. The van der Waals surface area contributed by atoms with Gasteiger partial charge in [0.05, 0.1) is 4.90 Å². The molecule has 0 radical (unpaired) electrons. The molecule has 1 rings (SSSR count). The Balaban J connectivity index is 3.15. The highest BCUT2D eigenvalue weighted by Crippen LogP contribution is 2.19. The SMILES string of the molecule is Cc1cc(S(=O)Cl)ccc1Br. The van der Waals surface area contributed by atoms with E-state index in [2.05, 4.69) is 15.9 Å². The molecular formula is C7H6BrClOS. The van der Waals surface area contributed by atoms with Crippen LogP contribution in [-0.4, -0.2) is 4.21 Å². The van der Waals surface area contributed by atoms with E-state index < -0.39 is 10.0 Å². The predicted octanol–water partition coefficient (Wildman–Crippen LogP) is 3.02. The largest absolute Gasteiger partial charge is 0.237 e. The maximum Gasteiger partial charge on any atom is 0.147 e. The van der Waals surface area contributed by atoms with Crippen molar-refractivity contribution in [3.05, 3.63) is 28.2 Å². The Morgan fingerprint density at radius 1 is 1.55 bits per heavy atom. The molecular weight excluding hydrogens is 247 g/mol. The van der Waals surface area contributed by atoms with E-state index in [9.17, 15) is 4.21 Å². The molecule has 0 spiro atoms. The molecule has 0 N–H and O–H groups in total. The molecule has 0 aliphatic rings. The third kappa shape index (κ3) is 2.29. The van der Waals surface area contributed by atoms with E-state index in [1.807, 2.05) is 13.0 Å². The first-order valence-corrected chi connectivity index (χ1v) is 5.72. The Hall–Kier alpha value is 0.140. The Morgan fingerprint density at radius 2 is 2.18 bits per heavy atom. The van der Waals surface area contributed by atoms with Crippen LogP contribution in [0.5, 0.6) is 0 Å². The number of aryl methyl sites for hydroxylation is 1. The summed E-state index contributed by atoms with van der Waals surface area (Å²) >= 11 is 3.34. The third-order valence-corrected chi connectivity index (χ3v) is 3.36. The lowest BCUT2D eigenvalue weighted by molar-refractivity contribution is 0.691. The van der Waals surface area contributed by atoms with E-state index in [1.54, 1.807) is 12.1 Å². The van der Waals surface area contributed by atoms with Crippen molar-refractivity contribution in [2.75, 3.05) is 0 Å². The fourth-order valence-electron chi connectivity index (χ4n) is 0.717. The summed E-state index contributed by atoms with van der Waals surface area (Å²) in [6.45, 7) is 1.93. The molecule has 0 heterocycles. The van der Waals surface area contributed by atoms with E-state index >= 15 is 0 Å². The molecule has 1 atom stereocenters. The van der Waals surface area contributed by atoms with Gasteiger partial charge in [0.25, 0.3) is 0 Å². The highest BCUT2D eigenvalue weighted by Gasteiger charge is 2.00. The molecule has 0 aliphatic heterocycles. The molecule has 0 saturated carbocycles. The molecule has 0 aromatic heterocycles. The van der Waals surface area contributed by atoms with Crippen LogP contribution in [0.1, 0.15) is 5.56 Å². The molecule has 0 saturated heterocycles. The minimum atomic E-state index is -1.40. The van der Waals surface area contributed by atoms with Crippen LogP contribution in [0.4, 0.5) is 0 Å². The molecule has 0 bridgehead atoms. The third-order valence-electron chi connectivity index (χ3n) is 1.31. The van der Waals surface area contributed by atoms with Crippen molar-refractivity contribution in [3.8, 4) is 0 Å². The second-order valence-electron chi connectivity index (χ2n) is 2.13. The highest BCUT2D eigenvalue weighted by atomic mass is 79.9. The first-order chi connectivity index (χ1) is 5.11. The Bertz CT molecular complexity index is 300. The lowest BCUT2D eigenvalue weighted by Crippen LogP contribution is -1.83. The van der Waals surface area contributed by atoms with E-state index in [0.717, 1.165) is 10.0 Å². The van der Waals surface area contributed by atoms with Crippen LogP contribution in [0.3, 0.4) is 0 Å². The summed E-state index contributed by atoms with van der Waals surface area (Å²) in [6, 6.07) is 5.37. The van der Waals surface area contributed by atoms with E-state index in [0.29, 0.717) is 4.90 Å². The van der Waals surface area contributed by atoms with Crippen molar-refractivity contribution in [1.82, 2.24) is 0 Å². The fraction of sp³-hybridized carbons (Fsp3) is 0.143. The van der Waals surface area contributed by atoms with Gasteiger partial charge in [-0.2, -0.15) is 0 Å². The lowest BCUT2D eigenvalue weighted by Gasteiger charge is -1.98. The van der Waals surface area contributed by atoms with Crippen LogP contribution in [0, 0.1) is 6.92 Å². The van der Waals surface area contributed by atoms with Gasteiger partial charge in [-0.15, -0.1) is 0 Å². The Labute approximate surface area is 80.8 Å². The maximum atomic E-state index is 10.8. The van der Waals surface area contributed by atoms with Gasteiger partial charge in [0.15, 0.2) is 0 Å². The van der Waals surface area contributed by atoms with Gasteiger partial charge in [-0.1, -0.05) is 15.9 Å². The molecule has 0 fully saturated rings. The molecule has 1 aromatic carbocycles. The van der Waals surface area contributed by atoms with Crippen LogP contribution >= 0.6 is 26.6 Å². The van der Waals surface area contributed by atoms with Gasteiger partial charge in [0.1, 0.15) is 10.0 Å². The quantitative estimate of drug-likeness (QED) is 0.703. The first-order valence-electron chi connectivity index (χ1n) is 2.95. The molecule has 1 unspecified atom stereocenters. The lowest BCUT2D eigenvalue weighted by atomic mass is 10.2. The summed E-state index contributed by atoms with van der Waals surface area (Å²) in [4.78, 5) is 0.646. The summed E-state index contributed by atoms with van der Waals surface area (Å²) in [6.07, 6.45) is 0. The van der Waals surface area contributed by atoms with Crippen LogP contribution < -0.4 is 0 Å². The van der Waals surface area contributed by atoms with Crippen LogP contribution in [-0.2, 0) is 10.0 Å². The van der Waals surface area contributed by atoms with Crippen molar-refractivity contribution in [2.24, 2.45) is 0 Å². The van der Waals surface area contributed by atoms with Crippen molar-refractivity contribution in [2.45, 2.75) is 11.8 Å². The number of hydrogen-bond acceptors (Lipinski definition) is 1. The monoisotopic (exact) mass is 252 g/mol. The van der Waals surface area contributed by atoms with E-state index in [4.69, 9.17) is 10.7 Å². The average molecular weight is 254 g/mol. The molecule has 60 valence electrons. The summed E-state index contributed by atoms with van der Waals surface area (Å²) in [5.74, 6) is 0. The summed E-state index contributed by atoms with van der Waals surface area (Å²) in [7, 11) is 3.99. The van der Waals surface area contributed by atoms with Crippen molar-refractivity contribution in [1.29, 1.82) is 0 Å². The van der Waals surface area contributed by atoms with Crippen molar-refractivity contribution < 1.29 is 4.21 Å². The number of benzene rings is 1. The smallest absolute Gasteiger partial charge is 0.147 e. The van der Waals surface area contributed by atoms with Crippen LogP contribution in [0.2, 0.25) is 0 Å². The van der Waals surface area contributed by atoms with Gasteiger partial charge >= 0.3 is 0 Å². The topological polar surface area (TPSA) is 17.1 Å².